The summed E-state index contributed by atoms with van der Waals surface area (Å²) in [5, 5.41) is 12.6. The molecule has 0 radical (unpaired) electrons. The second-order valence-electron chi connectivity index (χ2n) is 7.15. The molecular weight excluding hydrogens is 381 g/mol. The lowest BCUT2D eigenvalue weighted by Gasteiger charge is -2.16. The molecule has 1 saturated heterocycles. The second-order valence-corrected chi connectivity index (χ2v) is 7.15. The van der Waals surface area contributed by atoms with Crippen molar-refractivity contribution in [1.29, 1.82) is 0 Å². The summed E-state index contributed by atoms with van der Waals surface area (Å²) in [5.74, 6) is 0.973. The minimum atomic E-state index is -1.51. The maximum atomic E-state index is 14.8. The molecule has 0 unspecified atom stereocenters. The van der Waals surface area contributed by atoms with Crippen LogP contribution >= 0.6 is 0 Å². The van der Waals surface area contributed by atoms with Gasteiger partial charge in [-0.1, -0.05) is 0 Å². The molecule has 154 valence electrons. The van der Waals surface area contributed by atoms with Crippen molar-refractivity contribution in [2.24, 2.45) is 0 Å². The van der Waals surface area contributed by atoms with Crippen LogP contribution in [-0.4, -0.2) is 55.6 Å². The van der Waals surface area contributed by atoms with Gasteiger partial charge in [-0.3, -0.25) is 9.50 Å². The van der Waals surface area contributed by atoms with Crippen LogP contribution in [0.2, 0.25) is 0 Å². The zero-order chi connectivity index (χ0) is 20.5. The third-order valence-electron chi connectivity index (χ3n) is 4.40. The molecule has 0 aliphatic carbocycles. The third kappa shape index (κ3) is 3.99. The van der Waals surface area contributed by atoms with Gasteiger partial charge in [0.25, 0.3) is 0 Å². The number of nitrogens with one attached hydrogen (secondary N) is 3. The molecule has 10 nitrogen and oxygen atoms in total. The number of rotatable bonds is 5. The Morgan fingerprint density at radius 2 is 2.31 bits per heavy atom. The number of nitrogens with zero attached hydrogens (tertiary/aromatic N) is 4. The number of ether oxygens (including phenoxy) is 2. The lowest BCUT2D eigenvalue weighted by Crippen LogP contribution is -2.36. The number of aromatic amines is 1. The van der Waals surface area contributed by atoms with Gasteiger partial charge in [-0.2, -0.15) is 5.10 Å². The minimum Gasteiger partial charge on any atom is -0.441 e. The number of alkyl halides is 1. The van der Waals surface area contributed by atoms with Crippen LogP contribution in [0, 0.1) is 6.92 Å². The van der Waals surface area contributed by atoms with Crippen molar-refractivity contribution in [3.8, 4) is 0 Å². The number of imidazole rings is 1. The summed E-state index contributed by atoms with van der Waals surface area (Å²) in [6.07, 6.45) is -0.589. The maximum Gasteiger partial charge on any atom is 0.407 e. The molecule has 0 spiro atoms. The van der Waals surface area contributed by atoms with Crippen molar-refractivity contribution in [1.82, 2.24) is 29.9 Å². The Kier molecular flexibility index (Phi) is 5.05. The van der Waals surface area contributed by atoms with Gasteiger partial charge in [-0.05, 0) is 26.8 Å². The highest BCUT2D eigenvalue weighted by Crippen LogP contribution is 2.33. The van der Waals surface area contributed by atoms with E-state index in [-0.39, 0.29) is 12.6 Å². The second kappa shape index (κ2) is 7.66. The number of alkyl carbamates (subject to hydrolysis) is 1. The van der Waals surface area contributed by atoms with Crippen LogP contribution < -0.4 is 10.6 Å². The lowest BCUT2D eigenvalue weighted by molar-refractivity contribution is 0.0615. The summed E-state index contributed by atoms with van der Waals surface area (Å²) in [5.41, 5.74) is 2.04. The smallest absolute Gasteiger partial charge is 0.407 e. The molecule has 11 heteroatoms. The summed E-state index contributed by atoms with van der Waals surface area (Å²) in [7, 11) is 0. The largest absolute Gasteiger partial charge is 0.441 e. The highest BCUT2D eigenvalue weighted by atomic mass is 19.1. The first-order valence-corrected chi connectivity index (χ1v) is 9.26. The standard InChI is InChI=1S/C18H22FN7O3/c1-9(2)21-18(27)29-12-8-28-16(15(12)19)11-6-13(25-24-11)23-17-20-5-4-14-22-10(3)7-26(14)17/h4-7,9,12,15-16H,8H2,1-3H3,(H,21,27)(H2,20,23,24,25)/t12-,15-,16-/m0/s1. The molecule has 3 aromatic heterocycles. The van der Waals surface area contributed by atoms with Crippen LogP contribution in [0.4, 0.5) is 21.0 Å². The Balaban J connectivity index is 1.44. The molecule has 3 atom stereocenters. The highest BCUT2D eigenvalue weighted by molar-refractivity contribution is 5.67. The molecule has 1 amide bonds. The van der Waals surface area contributed by atoms with Gasteiger partial charge >= 0.3 is 6.09 Å². The molecule has 3 N–H and O–H groups in total. The van der Waals surface area contributed by atoms with E-state index in [1.807, 2.05) is 13.1 Å². The van der Waals surface area contributed by atoms with Crippen molar-refractivity contribution >= 4 is 23.5 Å². The Hall–Kier alpha value is -3.21. The van der Waals surface area contributed by atoms with Gasteiger partial charge in [0, 0.05) is 24.5 Å². The normalized spacial score (nSPS) is 21.6. The van der Waals surface area contributed by atoms with E-state index in [9.17, 15) is 9.18 Å². The quantitative estimate of drug-likeness (QED) is 0.599. The number of hydrogen-bond acceptors (Lipinski definition) is 7. The fourth-order valence-electron chi connectivity index (χ4n) is 3.14. The Labute approximate surface area is 165 Å². The molecule has 1 fully saturated rings. The number of carbonyl (C=O) groups is 1. The molecule has 4 heterocycles. The van der Waals surface area contributed by atoms with E-state index in [0.29, 0.717) is 17.5 Å². The molecule has 1 aliphatic rings. The third-order valence-corrected chi connectivity index (χ3v) is 4.40. The molecule has 29 heavy (non-hydrogen) atoms. The number of amides is 1. The zero-order valence-corrected chi connectivity index (χ0v) is 16.2. The Morgan fingerprint density at radius 3 is 3.10 bits per heavy atom. The number of aryl methyl sites for hydroxylation is 1. The van der Waals surface area contributed by atoms with Crippen LogP contribution in [-0.2, 0) is 9.47 Å². The number of aromatic nitrogens is 5. The summed E-state index contributed by atoms with van der Waals surface area (Å²) < 4.78 is 27.2. The minimum absolute atomic E-state index is 0.0334. The average molecular weight is 403 g/mol. The van der Waals surface area contributed by atoms with Gasteiger partial charge in [-0.15, -0.1) is 0 Å². The number of halogens is 1. The molecule has 0 aromatic carbocycles. The highest BCUT2D eigenvalue weighted by Gasteiger charge is 2.42. The van der Waals surface area contributed by atoms with Gasteiger partial charge in [0.15, 0.2) is 18.1 Å². The van der Waals surface area contributed by atoms with Crippen LogP contribution in [0.25, 0.3) is 5.65 Å². The molecule has 1 aliphatic heterocycles. The zero-order valence-electron chi connectivity index (χ0n) is 16.2. The van der Waals surface area contributed by atoms with Crippen LogP contribution in [0.15, 0.2) is 24.5 Å². The van der Waals surface area contributed by atoms with E-state index in [1.54, 1.807) is 36.6 Å². The topological polar surface area (TPSA) is 118 Å². The number of hydrogen-bond donors (Lipinski definition) is 3. The first kappa shape index (κ1) is 19.1. The van der Waals surface area contributed by atoms with Gasteiger partial charge < -0.3 is 20.1 Å². The summed E-state index contributed by atoms with van der Waals surface area (Å²) >= 11 is 0. The Morgan fingerprint density at radius 1 is 1.48 bits per heavy atom. The van der Waals surface area contributed by atoms with Crippen molar-refractivity contribution in [3.63, 3.8) is 0 Å². The van der Waals surface area contributed by atoms with E-state index >= 15 is 0 Å². The summed E-state index contributed by atoms with van der Waals surface area (Å²) in [4.78, 5) is 20.4. The predicted molar refractivity (Wildman–Crippen MR) is 102 cm³/mol. The molecule has 3 aromatic rings. The number of carbonyl (C=O) groups excluding carboxylic acids is 1. The lowest BCUT2D eigenvalue weighted by atomic mass is 10.1. The summed E-state index contributed by atoms with van der Waals surface area (Å²) in [6.45, 7) is 5.44. The average Bonchev–Trinajstić information content (AvgIpc) is 3.34. The molecule has 0 bridgehead atoms. The SMILES string of the molecule is Cc1cn2c(Nc3cc([C@@H]4OC[C@H](OC(=O)NC(C)C)[C@@H]4F)[nH]n3)nccc2n1. The number of anilines is 2. The first-order valence-electron chi connectivity index (χ1n) is 9.26. The number of fused-ring (bicyclic) bond motifs is 1. The van der Waals surface area contributed by atoms with Crippen LogP contribution in [0.5, 0.6) is 0 Å². The molecule has 0 saturated carbocycles. The summed E-state index contributed by atoms with van der Waals surface area (Å²) in [6, 6.07) is 3.33. The van der Waals surface area contributed by atoms with E-state index in [4.69, 9.17) is 9.47 Å². The fraction of sp³-hybridized carbons (Fsp3) is 0.444. The monoisotopic (exact) mass is 403 g/mol. The van der Waals surface area contributed by atoms with Crippen LogP contribution in [0.3, 0.4) is 0 Å². The van der Waals surface area contributed by atoms with E-state index in [0.717, 1.165) is 11.3 Å². The van der Waals surface area contributed by atoms with Crippen molar-refractivity contribution < 1.29 is 18.7 Å². The molecule has 4 rings (SSSR count). The van der Waals surface area contributed by atoms with Crippen molar-refractivity contribution in [3.05, 3.63) is 35.9 Å². The van der Waals surface area contributed by atoms with Gasteiger partial charge in [0.1, 0.15) is 11.8 Å². The van der Waals surface area contributed by atoms with Gasteiger partial charge in [0.2, 0.25) is 5.95 Å². The predicted octanol–water partition coefficient (Wildman–Crippen LogP) is 2.42. The van der Waals surface area contributed by atoms with E-state index in [1.165, 1.54) is 0 Å². The van der Waals surface area contributed by atoms with Gasteiger partial charge in [0.05, 0.1) is 18.0 Å². The number of H-pyrrole nitrogens is 1. The Bertz CT molecular complexity index is 1020. The molecular formula is C18H22FN7O3. The fourth-order valence-corrected chi connectivity index (χ4v) is 3.14. The maximum absolute atomic E-state index is 14.8. The van der Waals surface area contributed by atoms with Crippen LogP contribution in [0.1, 0.15) is 31.3 Å². The van der Waals surface area contributed by atoms with E-state index in [2.05, 4.69) is 30.8 Å². The van der Waals surface area contributed by atoms with E-state index < -0.39 is 24.5 Å². The van der Waals surface area contributed by atoms with Crippen molar-refractivity contribution in [2.75, 3.05) is 11.9 Å². The van der Waals surface area contributed by atoms with Crippen molar-refractivity contribution in [2.45, 2.75) is 45.2 Å². The first-order chi connectivity index (χ1) is 13.9. The van der Waals surface area contributed by atoms with Gasteiger partial charge in [-0.25, -0.2) is 19.2 Å².